The maximum atomic E-state index is 10.8. The van der Waals surface area contributed by atoms with Gasteiger partial charge in [-0.15, -0.1) is 0 Å². The lowest BCUT2D eigenvalue weighted by Crippen LogP contribution is -2.39. The summed E-state index contributed by atoms with van der Waals surface area (Å²) in [7, 11) is 1.35. The van der Waals surface area contributed by atoms with E-state index in [2.05, 4.69) is 10.1 Å². The summed E-state index contributed by atoms with van der Waals surface area (Å²) in [6, 6.07) is 7.14. The Hall–Kier alpha value is -2.36. The van der Waals surface area contributed by atoms with Gasteiger partial charge in [0.1, 0.15) is 6.54 Å². The molecule has 0 aliphatic carbocycles. The van der Waals surface area contributed by atoms with Gasteiger partial charge < -0.3 is 30.5 Å². The highest BCUT2D eigenvalue weighted by Gasteiger charge is 2.29. The maximum absolute atomic E-state index is 10.8. The fraction of sp³-hybridized carbons (Fsp3) is 0.308. The van der Waals surface area contributed by atoms with E-state index in [1.165, 1.54) is 7.11 Å². The molecule has 1 aromatic carbocycles. The van der Waals surface area contributed by atoms with E-state index in [9.17, 15) is 14.4 Å². The number of carboxylic acid groups (broad SMARTS) is 2. The van der Waals surface area contributed by atoms with Crippen LogP contribution in [0.1, 0.15) is 0 Å². The highest BCUT2D eigenvalue weighted by atomic mass is 35.5. The van der Waals surface area contributed by atoms with Crippen molar-refractivity contribution in [1.82, 2.24) is 0 Å². The summed E-state index contributed by atoms with van der Waals surface area (Å²) in [6.45, 7) is 0.150. The van der Waals surface area contributed by atoms with Gasteiger partial charge >= 0.3 is 17.9 Å². The second kappa shape index (κ2) is 10.4. The van der Waals surface area contributed by atoms with Crippen molar-refractivity contribution >= 4 is 35.2 Å². The van der Waals surface area contributed by atoms with E-state index in [1.807, 2.05) is 12.1 Å². The Labute approximate surface area is 136 Å². The predicted molar refractivity (Wildman–Crippen MR) is 79.2 cm³/mol. The quantitative estimate of drug-likeness (QED) is 0.439. The number of nitrogens with one attached hydrogen (secondary N) is 1. The van der Waals surface area contributed by atoms with Gasteiger partial charge in [-0.2, -0.15) is 0 Å². The minimum atomic E-state index is -2.27. The number of aliphatic carboxylic acids is 2. The average molecular weight is 350 g/mol. The van der Waals surface area contributed by atoms with Crippen LogP contribution in [-0.4, -0.2) is 64.2 Å². The van der Waals surface area contributed by atoms with Crippen LogP contribution in [0.2, 0.25) is 5.02 Å². The molecule has 0 aliphatic heterocycles. The topological polar surface area (TPSA) is 153 Å². The fourth-order valence-corrected chi connectivity index (χ4v) is 1.31. The number of aliphatic hydroxyl groups excluding tert-OH is 2. The number of methoxy groups -OCH3 is 1. The molecule has 1 aromatic rings. The van der Waals surface area contributed by atoms with Gasteiger partial charge in [-0.1, -0.05) is 17.7 Å². The highest BCUT2D eigenvalue weighted by molar-refractivity contribution is 6.30. The Kier molecular flexibility index (Phi) is 9.31. The molecule has 23 heavy (non-hydrogen) atoms. The molecule has 0 saturated carbocycles. The molecule has 0 fully saturated rings. The molecule has 0 aromatic heterocycles. The summed E-state index contributed by atoms with van der Waals surface area (Å²) in [5, 5.41) is 36.0. The molecule has 0 aliphatic rings. The predicted octanol–water partition coefficient (Wildman–Crippen LogP) is -0.198. The Bertz CT molecular complexity index is 533. The van der Waals surface area contributed by atoms with Gasteiger partial charge in [0, 0.05) is 10.7 Å². The molecule has 10 heteroatoms. The van der Waals surface area contributed by atoms with Crippen molar-refractivity contribution in [3.05, 3.63) is 29.3 Å². The molecule has 0 heterocycles. The van der Waals surface area contributed by atoms with Gasteiger partial charge in [-0.25, -0.2) is 9.59 Å². The Morgan fingerprint density at radius 3 is 2.09 bits per heavy atom. The molecular weight excluding hydrogens is 334 g/mol. The second-order valence-corrected chi connectivity index (χ2v) is 4.44. The van der Waals surface area contributed by atoms with Gasteiger partial charge in [-0.05, 0) is 18.2 Å². The first-order valence-corrected chi connectivity index (χ1v) is 6.44. The zero-order chi connectivity index (χ0) is 18.0. The van der Waals surface area contributed by atoms with Crippen LogP contribution in [0.15, 0.2) is 24.3 Å². The van der Waals surface area contributed by atoms with Crippen molar-refractivity contribution in [2.75, 3.05) is 19.0 Å². The number of carbonyl (C=O) groups excluding carboxylic acids is 1. The lowest BCUT2D eigenvalue weighted by molar-refractivity contribution is -0.165. The number of benzene rings is 1. The molecular formula is C13H16ClNO8. The van der Waals surface area contributed by atoms with Crippen LogP contribution in [0.25, 0.3) is 0 Å². The largest absolute Gasteiger partial charge is 0.479 e. The van der Waals surface area contributed by atoms with Crippen LogP contribution >= 0.6 is 11.6 Å². The molecule has 0 saturated heterocycles. The first-order valence-electron chi connectivity index (χ1n) is 6.07. The zero-order valence-electron chi connectivity index (χ0n) is 12.0. The van der Waals surface area contributed by atoms with Crippen LogP contribution in [0.5, 0.6) is 0 Å². The molecule has 2 atom stereocenters. The number of carboxylic acids is 2. The van der Waals surface area contributed by atoms with Gasteiger partial charge in [0.05, 0.1) is 7.11 Å². The number of rotatable bonds is 6. The lowest BCUT2D eigenvalue weighted by Gasteiger charge is -2.07. The number of halogens is 1. The van der Waals surface area contributed by atoms with Gasteiger partial charge in [0.2, 0.25) is 0 Å². The summed E-state index contributed by atoms with van der Waals surface area (Å²) >= 11 is 5.74. The van der Waals surface area contributed by atoms with E-state index in [-0.39, 0.29) is 12.5 Å². The monoisotopic (exact) mass is 349 g/mol. The minimum absolute atomic E-state index is 0.150. The number of anilines is 1. The third-order valence-electron chi connectivity index (χ3n) is 2.29. The summed E-state index contributed by atoms with van der Waals surface area (Å²) in [4.78, 5) is 30.3. The van der Waals surface area contributed by atoms with E-state index < -0.39 is 24.1 Å². The zero-order valence-corrected chi connectivity index (χ0v) is 12.7. The molecule has 9 nitrogen and oxygen atoms in total. The molecule has 0 amide bonds. The summed E-state index contributed by atoms with van der Waals surface area (Å²) in [5.74, 6) is -3.84. The van der Waals surface area contributed by atoms with Crippen LogP contribution < -0.4 is 5.32 Å². The summed E-state index contributed by atoms with van der Waals surface area (Å²) < 4.78 is 4.47. The molecule has 1 rings (SSSR count). The number of carbonyl (C=O) groups is 3. The van der Waals surface area contributed by atoms with Crippen LogP contribution in [0, 0.1) is 0 Å². The number of esters is 1. The van der Waals surface area contributed by atoms with Crippen molar-refractivity contribution in [2.45, 2.75) is 12.2 Å². The Balaban J connectivity index is 0.000000438. The third-order valence-corrected chi connectivity index (χ3v) is 2.53. The molecule has 0 spiro atoms. The van der Waals surface area contributed by atoms with Crippen molar-refractivity contribution in [3.8, 4) is 0 Å². The second-order valence-electron chi connectivity index (χ2n) is 4.01. The standard InChI is InChI=1S/C9H10ClNO2.C4H6O6/c1-13-9(12)6-11-8-4-2-3-7(10)5-8;5-1(3(7)8)2(6)4(9)10/h2-5,11H,6H2,1H3;1-2,5-6H,(H,7,8)(H,9,10). The van der Waals surface area contributed by atoms with Crippen LogP contribution in [0.4, 0.5) is 5.69 Å². The number of hydrogen-bond acceptors (Lipinski definition) is 7. The van der Waals surface area contributed by atoms with E-state index in [0.717, 1.165) is 5.69 Å². The molecule has 0 radical (unpaired) electrons. The molecule has 2 unspecified atom stereocenters. The van der Waals surface area contributed by atoms with E-state index in [1.54, 1.807) is 12.1 Å². The van der Waals surface area contributed by atoms with E-state index >= 15 is 0 Å². The Morgan fingerprint density at radius 1 is 1.17 bits per heavy atom. The first-order chi connectivity index (χ1) is 10.7. The smallest absolute Gasteiger partial charge is 0.335 e. The first kappa shape index (κ1) is 20.6. The van der Waals surface area contributed by atoms with Crippen molar-refractivity contribution in [1.29, 1.82) is 0 Å². The Morgan fingerprint density at radius 2 is 1.70 bits per heavy atom. The van der Waals surface area contributed by atoms with Crippen LogP contribution in [-0.2, 0) is 19.1 Å². The third kappa shape index (κ3) is 8.61. The fourth-order valence-electron chi connectivity index (χ4n) is 1.11. The van der Waals surface area contributed by atoms with Gasteiger partial charge in [-0.3, -0.25) is 4.79 Å². The van der Waals surface area contributed by atoms with Gasteiger partial charge in [0.15, 0.2) is 12.2 Å². The maximum Gasteiger partial charge on any atom is 0.335 e. The van der Waals surface area contributed by atoms with Crippen molar-refractivity contribution in [2.24, 2.45) is 0 Å². The molecule has 0 bridgehead atoms. The lowest BCUT2D eigenvalue weighted by atomic mass is 10.2. The normalized spacial score (nSPS) is 12.2. The highest BCUT2D eigenvalue weighted by Crippen LogP contribution is 2.14. The summed E-state index contributed by atoms with van der Waals surface area (Å²) in [5.41, 5.74) is 0.804. The average Bonchev–Trinajstić information content (AvgIpc) is 2.51. The minimum Gasteiger partial charge on any atom is -0.479 e. The van der Waals surface area contributed by atoms with Gasteiger partial charge in [0.25, 0.3) is 0 Å². The number of aliphatic hydroxyl groups is 2. The molecule has 128 valence electrons. The number of ether oxygens (including phenoxy) is 1. The SMILES string of the molecule is COC(=O)CNc1cccc(Cl)c1.O=C(O)C(O)C(O)C(=O)O. The van der Waals surface area contributed by atoms with Crippen LogP contribution in [0.3, 0.4) is 0 Å². The number of hydrogen-bond donors (Lipinski definition) is 5. The molecule has 5 N–H and O–H groups in total. The summed E-state index contributed by atoms with van der Waals surface area (Å²) in [6.07, 6.45) is -4.53. The van der Waals surface area contributed by atoms with Crippen molar-refractivity contribution in [3.63, 3.8) is 0 Å². The van der Waals surface area contributed by atoms with Crippen molar-refractivity contribution < 1.29 is 39.5 Å². The van der Waals surface area contributed by atoms with E-state index in [0.29, 0.717) is 5.02 Å². The van der Waals surface area contributed by atoms with E-state index in [4.69, 9.17) is 32.0 Å².